The zero-order chi connectivity index (χ0) is 14.4. The lowest BCUT2D eigenvalue weighted by Crippen LogP contribution is -2.20. The minimum Gasteiger partial charge on any atom is -0.486 e. The Labute approximate surface area is 124 Å². The van der Waals surface area contributed by atoms with E-state index < -0.39 is 0 Å². The number of hydrogen-bond donors (Lipinski definition) is 1. The third kappa shape index (κ3) is 4.40. The van der Waals surface area contributed by atoms with E-state index in [0.717, 1.165) is 23.4 Å². The van der Waals surface area contributed by atoms with Gasteiger partial charge in [0.1, 0.15) is 13.2 Å². The van der Waals surface area contributed by atoms with Crippen LogP contribution in [0.1, 0.15) is 12.5 Å². The molecule has 0 bridgehead atoms. The zero-order valence-electron chi connectivity index (χ0n) is 11.7. The van der Waals surface area contributed by atoms with E-state index in [4.69, 9.17) is 25.8 Å². The molecule has 0 fully saturated rings. The molecule has 1 aliphatic heterocycles. The molecule has 1 N–H and O–H groups in total. The van der Waals surface area contributed by atoms with Crippen LogP contribution < -0.4 is 14.8 Å². The van der Waals surface area contributed by atoms with Crippen LogP contribution in [0.5, 0.6) is 11.5 Å². The molecule has 0 atom stereocenters. The molecule has 0 radical (unpaired) electrons. The predicted octanol–water partition coefficient (Wildman–Crippen LogP) is 2.79. The highest BCUT2D eigenvalue weighted by Gasteiger charge is 2.16. The Morgan fingerprint density at radius 1 is 1.40 bits per heavy atom. The summed E-state index contributed by atoms with van der Waals surface area (Å²) in [5.74, 6) is 1.37. The highest BCUT2D eigenvalue weighted by molar-refractivity contribution is 6.32. The lowest BCUT2D eigenvalue weighted by molar-refractivity contribution is 0.157. The quantitative estimate of drug-likeness (QED) is 0.620. The maximum Gasteiger partial charge on any atom is 0.179 e. The topological polar surface area (TPSA) is 39.7 Å². The first kappa shape index (κ1) is 15.2. The molecule has 0 saturated heterocycles. The Hall–Kier alpha value is -1.23. The minimum absolute atomic E-state index is 0.546. The van der Waals surface area contributed by atoms with E-state index in [1.807, 2.05) is 19.1 Å². The SMILES string of the molecule is C=C(C)COCCNCc1cc(Cl)c2c(c1)OCCO2. The van der Waals surface area contributed by atoms with Gasteiger partial charge in [0.05, 0.1) is 18.2 Å². The minimum atomic E-state index is 0.546. The summed E-state index contributed by atoms with van der Waals surface area (Å²) >= 11 is 6.18. The average molecular weight is 298 g/mol. The average Bonchev–Trinajstić information content (AvgIpc) is 2.42. The monoisotopic (exact) mass is 297 g/mol. The molecular formula is C15H20ClNO3. The molecular weight excluding hydrogens is 278 g/mol. The van der Waals surface area contributed by atoms with Crippen molar-refractivity contribution in [2.24, 2.45) is 0 Å². The Bertz CT molecular complexity index is 476. The summed E-state index contributed by atoms with van der Waals surface area (Å²) in [5, 5.41) is 3.89. The van der Waals surface area contributed by atoms with E-state index in [2.05, 4.69) is 11.9 Å². The normalized spacial score (nSPS) is 13.3. The third-order valence-electron chi connectivity index (χ3n) is 2.76. The number of halogens is 1. The van der Waals surface area contributed by atoms with Gasteiger partial charge in [0.2, 0.25) is 0 Å². The van der Waals surface area contributed by atoms with E-state index in [-0.39, 0.29) is 0 Å². The molecule has 0 saturated carbocycles. The van der Waals surface area contributed by atoms with E-state index >= 15 is 0 Å². The van der Waals surface area contributed by atoms with Crippen LogP contribution in [0.4, 0.5) is 0 Å². The van der Waals surface area contributed by atoms with E-state index in [0.29, 0.717) is 43.7 Å². The van der Waals surface area contributed by atoms with Crippen LogP contribution in [0.15, 0.2) is 24.3 Å². The van der Waals surface area contributed by atoms with Crippen molar-refractivity contribution in [3.05, 3.63) is 34.9 Å². The van der Waals surface area contributed by atoms with Crippen LogP contribution in [0, 0.1) is 0 Å². The van der Waals surface area contributed by atoms with Crippen molar-refractivity contribution in [3.8, 4) is 11.5 Å². The standard InChI is InChI=1S/C15H20ClNO3/c1-11(2)10-18-4-3-17-9-12-7-13(16)15-14(8-12)19-5-6-20-15/h7-8,17H,1,3-6,9-10H2,2H3. The van der Waals surface area contributed by atoms with Crippen molar-refractivity contribution < 1.29 is 14.2 Å². The molecule has 110 valence electrons. The number of nitrogens with one attached hydrogen (secondary N) is 1. The van der Waals surface area contributed by atoms with Crippen LogP contribution in [0.25, 0.3) is 0 Å². The maximum atomic E-state index is 6.18. The molecule has 1 heterocycles. The lowest BCUT2D eigenvalue weighted by atomic mass is 10.2. The second kappa shape index (κ2) is 7.53. The lowest BCUT2D eigenvalue weighted by Gasteiger charge is -2.20. The number of fused-ring (bicyclic) bond motifs is 1. The van der Waals surface area contributed by atoms with Gasteiger partial charge in [-0.25, -0.2) is 0 Å². The molecule has 0 aliphatic carbocycles. The Balaban J connectivity index is 1.78. The molecule has 1 aromatic carbocycles. The van der Waals surface area contributed by atoms with Crippen LogP contribution in [0.2, 0.25) is 5.02 Å². The van der Waals surface area contributed by atoms with E-state index in [9.17, 15) is 0 Å². The summed E-state index contributed by atoms with van der Waals surface area (Å²) in [6, 6.07) is 3.86. The van der Waals surface area contributed by atoms with Crippen molar-refractivity contribution in [2.45, 2.75) is 13.5 Å². The molecule has 0 spiro atoms. The van der Waals surface area contributed by atoms with E-state index in [1.165, 1.54) is 0 Å². The first-order valence-corrected chi connectivity index (χ1v) is 7.05. The number of rotatable bonds is 7. The first-order chi connectivity index (χ1) is 9.66. The van der Waals surface area contributed by atoms with Crippen molar-refractivity contribution in [3.63, 3.8) is 0 Å². The summed E-state index contributed by atoms with van der Waals surface area (Å²) in [5.41, 5.74) is 2.10. The van der Waals surface area contributed by atoms with Gasteiger partial charge in [-0.3, -0.25) is 0 Å². The predicted molar refractivity (Wildman–Crippen MR) is 79.8 cm³/mol. The van der Waals surface area contributed by atoms with Crippen LogP contribution in [-0.2, 0) is 11.3 Å². The van der Waals surface area contributed by atoms with Gasteiger partial charge in [-0.1, -0.05) is 23.8 Å². The molecule has 1 aromatic rings. The van der Waals surface area contributed by atoms with Gasteiger partial charge in [0.25, 0.3) is 0 Å². The third-order valence-corrected chi connectivity index (χ3v) is 3.04. The van der Waals surface area contributed by atoms with Gasteiger partial charge in [-0.05, 0) is 24.6 Å². The largest absolute Gasteiger partial charge is 0.486 e. The van der Waals surface area contributed by atoms with Crippen LogP contribution in [0.3, 0.4) is 0 Å². The number of benzene rings is 1. The van der Waals surface area contributed by atoms with Crippen LogP contribution >= 0.6 is 11.6 Å². The van der Waals surface area contributed by atoms with Gasteiger partial charge in [-0.2, -0.15) is 0 Å². The first-order valence-electron chi connectivity index (χ1n) is 6.67. The van der Waals surface area contributed by atoms with Gasteiger partial charge in [-0.15, -0.1) is 0 Å². The fourth-order valence-electron chi connectivity index (χ4n) is 1.89. The summed E-state index contributed by atoms with van der Waals surface area (Å²) < 4.78 is 16.4. The summed E-state index contributed by atoms with van der Waals surface area (Å²) in [4.78, 5) is 0. The molecule has 20 heavy (non-hydrogen) atoms. The zero-order valence-corrected chi connectivity index (χ0v) is 12.5. The molecule has 4 nitrogen and oxygen atoms in total. The van der Waals surface area contributed by atoms with Crippen molar-refractivity contribution in [2.75, 3.05) is 33.0 Å². The second-order valence-corrected chi connectivity index (χ2v) is 5.20. The molecule has 1 aliphatic rings. The highest BCUT2D eigenvalue weighted by atomic mass is 35.5. The molecule has 2 rings (SSSR count). The maximum absolute atomic E-state index is 6.18. The van der Waals surface area contributed by atoms with Gasteiger partial charge in [0.15, 0.2) is 11.5 Å². The number of ether oxygens (including phenoxy) is 3. The van der Waals surface area contributed by atoms with Gasteiger partial charge < -0.3 is 19.5 Å². The molecule has 5 heteroatoms. The number of hydrogen-bond acceptors (Lipinski definition) is 4. The van der Waals surface area contributed by atoms with Crippen molar-refractivity contribution in [1.29, 1.82) is 0 Å². The highest BCUT2D eigenvalue weighted by Crippen LogP contribution is 2.38. The van der Waals surface area contributed by atoms with Gasteiger partial charge >= 0.3 is 0 Å². The summed E-state index contributed by atoms with van der Waals surface area (Å²) in [7, 11) is 0. The fourth-order valence-corrected chi connectivity index (χ4v) is 2.18. The molecule has 0 amide bonds. The Morgan fingerprint density at radius 2 is 2.20 bits per heavy atom. The smallest absolute Gasteiger partial charge is 0.179 e. The Morgan fingerprint density at radius 3 is 3.00 bits per heavy atom. The molecule has 0 aromatic heterocycles. The van der Waals surface area contributed by atoms with Gasteiger partial charge in [0, 0.05) is 13.1 Å². The fraction of sp³-hybridized carbons (Fsp3) is 0.467. The molecule has 0 unspecified atom stereocenters. The second-order valence-electron chi connectivity index (χ2n) is 4.79. The van der Waals surface area contributed by atoms with Crippen LogP contribution in [-0.4, -0.2) is 33.0 Å². The van der Waals surface area contributed by atoms with E-state index in [1.54, 1.807) is 0 Å². The Kier molecular flexibility index (Phi) is 5.71. The summed E-state index contributed by atoms with van der Waals surface area (Å²) in [6.07, 6.45) is 0. The van der Waals surface area contributed by atoms with Crippen molar-refractivity contribution in [1.82, 2.24) is 5.32 Å². The summed E-state index contributed by atoms with van der Waals surface area (Å²) in [6.45, 7) is 9.60. The van der Waals surface area contributed by atoms with Crippen molar-refractivity contribution >= 4 is 11.6 Å².